The van der Waals surface area contributed by atoms with E-state index in [1.165, 1.54) is 30.3 Å². The molecular weight excluding hydrogens is 887 g/mol. The van der Waals surface area contributed by atoms with Crippen LogP contribution in [0.3, 0.4) is 0 Å². The molecule has 0 spiro atoms. The van der Waals surface area contributed by atoms with Crippen LogP contribution in [-0.4, -0.2) is 146 Å². The number of amides is 6. The Morgan fingerprint density at radius 1 is 0.912 bits per heavy atom. The number of unbranched alkanes of at least 4 members (excludes halogenated alkanes) is 1. The van der Waals surface area contributed by atoms with Gasteiger partial charge in [-0.05, 0) is 73.7 Å². The summed E-state index contributed by atoms with van der Waals surface area (Å²) in [6.07, 6.45) is 3.35. The molecule has 1 aromatic heterocycles. The van der Waals surface area contributed by atoms with E-state index in [0.717, 1.165) is 44.3 Å². The smallest absolute Gasteiger partial charge is 0.335 e. The van der Waals surface area contributed by atoms with Crippen LogP contribution < -0.4 is 31.0 Å². The third-order valence-corrected chi connectivity index (χ3v) is 11.7. The number of aliphatic carboxylic acids is 1. The first kappa shape index (κ1) is 50.4. The van der Waals surface area contributed by atoms with Crippen LogP contribution in [0.2, 0.25) is 0 Å². The number of hydrogen-bond donors (Lipinski definition) is 9. The number of nitrogens with one attached hydrogen (secondary N) is 3. The lowest BCUT2D eigenvalue weighted by Crippen LogP contribution is -2.61. The molecule has 0 radical (unpaired) electrons. The SMILES string of the molecule is NCC(C(=O)NCCC(=O)Nc1cc(C[n+]2cccc(/C=C/C(=O)NCCCCC3CCN(C(=O)c4cccc(O)c4)CC3)c2)ccc1O[C@@H]1O[C@H](C(=O)O)[C@@H](O)[C@H](O)[C@H]1O)N1C(=O)C=CC1=O. The van der Waals surface area contributed by atoms with Gasteiger partial charge in [0.1, 0.15) is 35.9 Å². The van der Waals surface area contributed by atoms with Gasteiger partial charge in [-0.2, -0.15) is 0 Å². The number of benzene rings is 2. The zero-order valence-corrected chi connectivity index (χ0v) is 37.0. The minimum atomic E-state index is -1.97. The molecule has 6 amide bonds. The first-order valence-corrected chi connectivity index (χ1v) is 22.2. The quantitative estimate of drug-likeness (QED) is 0.0300. The molecule has 2 saturated heterocycles. The molecule has 362 valence electrons. The number of nitrogens with zero attached hydrogens (tertiary/aromatic N) is 3. The van der Waals surface area contributed by atoms with Crippen LogP contribution >= 0.6 is 0 Å². The molecule has 6 atom stereocenters. The van der Waals surface area contributed by atoms with Crippen LogP contribution in [0, 0.1) is 5.92 Å². The number of aliphatic hydroxyl groups is 3. The summed E-state index contributed by atoms with van der Waals surface area (Å²) in [5, 5.41) is 58.4. The number of aromatic nitrogens is 1. The van der Waals surface area contributed by atoms with Crippen molar-refractivity contribution in [3.8, 4) is 11.5 Å². The van der Waals surface area contributed by atoms with E-state index in [1.54, 1.807) is 42.7 Å². The van der Waals surface area contributed by atoms with Crippen LogP contribution in [0.25, 0.3) is 6.08 Å². The van der Waals surface area contributed by atoms with Gasteiger partial charge in [0, 0.05) is 80.1 Å². The number of aliphatic hydroxyl groups excluding tert-OH is 3. The van der Waals surface area contributed by atoms with E-state index in [2.05, 4.69) is 16.0 Å². The molecule has 0 bridgehead atoms. The van der Waals surface area contributed by atoms with Crippen molar-refractivity contribution in [1.82, 2.24) is 20.4 Å². The number of carbonyl (C=O) groups excluding carboxylic acids is 6. The van der Waals surface area contributed by atoms with Crippen molar-refractivity contribution in [2.24, 2.45) is 11.7 Å². The van der Waals surface area contributed by atoms with Crippen LogP contribution in [0.4, 0.5) is 5.69 Å². The molecule has 4 heterocycles. The molecule has 3 aromatic rings. The van der Waals surface area contributed by atoms with Crippen molar-refractivity contribution in [3.63, 3.8) is 0 Å². The van der Waals surface area contributed by atoms with Gasteiger partial charge in [-0.15, -0.1) is 0 Å². The molecule has 10 N–H and O–H groups in total. The topological polar surface area (TPSA) is 312 Å². The second-order valence-electron chi connectivity index (χ2n) is 16.6. The summed E-state index contributed by atoms with van der Waals surface area (Å²) >= 11 is 0. The van der Waals surface area contributed by atoms with Gasteiger partial charge in [0.15, 0.2) is 25.0 Å². The Kier molecular flexibility index (Phi) is 17.5. The molecule has 0 saturated carbocycles. The largest absolute Gasteiger partial charge is 0.508 e. The van der Waals surface area contributed by atoms with E-state index in [4.69, 9.17) is 15.2 Å². The molecule has 0 aliphatic carbocycles. The zero-order valence-electron chi connectivity index (χ0n) is 37.0. The number of carboxylic acid groups (broad SMARTS) is 1. The lowest BCUT2D eigenvalue weighted by molar-refractivity contribution is -0.688. The van der Waals surface area contributed by atoms with Gasteiger partial charge in [0.25, 0.3) is 17.7 Å². The van der Waals surface area contributed by atoms with E-state index in [9.17, 15) is 59.1 Å². The summed E-state index contributed by atoms with van der Waals surface area (Å²) in [6, 6.07) is 13.2. The van der Waals surface area contributed by atoms with Gasteiger partial charge >= 0.3 is 5.97 Å². The molecule has 3 aliphatic heterocycles. The molecule has 21 heteroatoms. The summed E-state index contributed by atoms with van der Waals surface area (Å²) in [5.74, 6) is -4.32. The van der Waals surface area contributed by atoms with Gasteiger partial charge in [0.2, 0.25) is 24.0 Å². The predicted molar refractivity (Wildman–Crippen MR) is 240 cm³/mol. The number of piperidine rings is 1. The van der Waals surface area contributed by atoms with Crippen molar-refractivity contribution in [1.29, 1.82) is 0 Å². The number of likely N-dealkylation sites (tertiary alicyclic amines) is 1. The Hall–Kier alpha value is -7.04. The van der Waals surface area contributed by atoms with Crippen LogP contribution in [0.1, 0.15) is 60.0 Å². The minimum absolute atomic E-state index is 0.0258. The summed E-state index contributed by atoms with van der Waals surface area (Å²) in [5.41, 5.74) is 7.49. The maximum atomic E-state index is 13.3. The van der Waals surface area contributed by atoms with Gasteiger partial charge in [-0.25, -0.2) is 9.36 Å². The average Bonchev–Trinajstić information content (AvgIpc) is 3.65. The van der Waals surface area contributed by atoms with Crippen molar-refractivity contribution in [2.75, 3.05) is 38.0 Å². The predicted octanol–water partition coefficient (Wildman–Crippen LogP) is -0.452. The van der Waals surface area contributed by atoms with Gasteiger partial charge in [-0.3, -0.25) is 33.7 Å². The second kappa shape index (κ2) is 23.6. The summed E-state index contributed by atoms with van der Waals surface area (Å²) in [6.45, 7) is 1.47. The Balaban J connectivity index is 1.02. The normalized spacial score (nSPS) is 21.1. The van der Waals surface area contributed by atoms with Gasteiger partial charge in [0.05, 0.1) is 5.69 Å². The Morgan fingerprint density at radius 2 is 1.66 bits per heavy atom. The number of phenols is 1. The average molecular weight is 943 g/mol. The van der Waals surface area contributed by atoms with E-state index in [1.807, 2.05) is 15.5 Å². The number of imide groups is 1. The Labute approximate surface area is 390 Å². The summed E-state index contributed by atoms with van der Waals surface area (Å²) in [4.78, 5) is 90.0. The Morgan fingerprint density at radius 3 is 2.37 bits per heavy atom. The van der Waals surface area contributed by atoms with Crippen LogP contribution in [-0.2, 0) is 40.0 Å². The van der Waals surface area contributed by atoms with E-state index in [0.29, 0.717) is 47.1 Å². The highest BCUT2D eigenvalue weighted by molar-refractivity contribution is 6.15. The lowest BCUT2D eigenvalue weighted by atomic mass is 9.91. The maximum absolute atomic E-state index is 13.3. The fourth-order valence-corrected chi connectivity index (χ4v) is 8.03. The molecule has 68 heavy (non-hydrogen) atoms. The zero-order chi connectivity index (χ0) is 48.9. The summed E-state index contributed by atoms with van der Waals surface area (Å²) < 4.78 is 12.9. The first-order valence-electron chi connectivity index (χ1n) is 22.2. The van der Waals surface area contributed by atoms with Crippen molar-refractivity contribution < 1.29 is 73.1 Å². The van der Waals surface area contributed by atoms with E-state index in [-0.39, 0.29) is 55.1 Å². The maximum Gasteiger partial charge on any atom is 0.335 e. The first-order chi connectivity index (χ1) is 32.6. The monoisotopic (exact) mass is 942 g/mol. The lowest BCUT2D eigenvalue weighted by Gasteiger charge is -2.38. The van der Waals surface area contributed by atoms with Crippen molar-refractivity contribution in [3.05, 3.63) is 102 Å². The van der Waals surface area contributed by atoms with Gasteiger partial charge < -0.3 is 61.6 Å². The van der Waals surface area contributed by atoms with Crippen molar-refractivity contribution >= 4 is 53.2 Å². The number of nitrogens with two attached hydrogens (primary N) is 1. The number of carboxylic acids is 1. The fourth-order valence-electron chi connectivity index (χ4n) is 8.03. The molecule has 21 nitrogen and oxygen atoms in total. The highest BCUT2D eigenvalue weighted by Gasteiger charge is 2.48. The summed E-state index contributed by atoms with van der Waals surface area (Å²) in [7, 11) is 0. The number of hydrogen-bond acceptors (Lipinski definition) is 14. The van der Waals surface area contributed by atoms with Gasteiger partial charge in [-0.1, -0.05) is 18.9 Å². The number of pyridine rings is 1. The van der Waals surface area contributed by atoms with Crippen LogP contribution in [0.5, 0.6) is 11.5 Å². The Bertz CT molecular complexity index is 2390. The molecule has 3 aliphatic rings. The van der Waals surface area contributed by atoms with Crippen LogP contribution in [0.15, 0.2) is 85.2 Å². The molecule has 2 fully saturated rings. The highest BCUT2D eigenvalue weighted by Crippen LogP contribution is 2.31. The number of rotatable bonds is 20. The molecular formula is C47H56N7O14+. The minimum Gasteiger partial charge on any atom is -0.508 e. The van der Waals surface area contributed by atoms with E-state index < -0.39 is 66.3 Å². The molecule has 1 unspecified atom stereocenters. The fraction of sp³-hybridized carbons (Fsp3) is 0.404. The molecule has 2 aromatic carbocycles. The number of carbonyl (C=O) groups is 7. The van der Waals surface area contributed by atoms with E-state index >= 15 is 0 Å². The highest BCUT2D eigenvalue weighted by atomic mass is 16.7. The van der Waals surface area contributed by atoms with Crippen molar-refractivity contribution in [2.45, 2.75) is 81.8 Å². The number of anilines is 1. The second-order valence-corrected chi connectivity index (χ2v) is 16.6. The third-order valence-electron chi connectivity index (χ3n) is 11.7. The standard InChI is InChI=1S/C47H55N7O14/c48-25-34(54-38(58)13-14-39(54)59)44(63)50-19-15-37(57)51-33-23-30(9-11-35(33)67-47-42(62)40(60)41(61)43(68-47)46(65)66)27-52-20-4-6-29(26-52)10-12-36(56)49-18-2-1-5-28-16-21-53(22-17-28)45(64)31-7-3-8-32(55)24-31/h3-4,6-14,20,23-24,26,28,34,40-43,47,60-62H,1-2,5,15-19,21-22,25,27,48H2,(H4-,49,50,51,55,56,57,63,65,66)/p+1/b12-10+/t34?,40-,41-,42+,43-,47+/m0/s1. The number of ether oxygens (including phenoxy) is 2. The molecule has 6 rings (SSSR count). The third kappa shape index (κ3) is 13.3. The number of aromatic hydroxyl groups is 1. The number of phenolic OH excluding ortho intramolecular Hbond substituents is 1.